The van der Waals surface area contributed by atoms with Gasteiger partial charge >= 0.3 is 5.97 Å². The number of carboxylic acid groups (broad SMARTS) is 1. The first-order valence-electron chi connectivity index (χ1n) is 10.6. The van der Waals surface area contributed by atoms with Crippen molar-refractivity contribution >= 4 is 27.9 Å². The summed E-state index contributed by atoms with van der Waals surface area (Å²) in [5.74, 6) is -0.499. The molecule has 1 aliphatic rings. The molecule has 0 radical (unpaired) electrons. The molecule has 2 aromatic rings. The molecule has 0 aromatic heterocycles. The predicted octanol–water partition coefficient (Wildman–Crippen LogP) is 3.48. The third-order valence-electron chi connectivity index (χ3n) is 5.49. The van der Waals surface area contributed by atoms with Crippen LogP contribution in [0.1, 0.15) is 35.7 Å². The molecule has 0 unspecified atom stereocenters. The van der Waals surface area contributed by atoms with Crippen LogP contribution in [0.25, 0.3) is 6.08 Å². The summed E-state index contributed by atoms with van der Waals surface area (Å²) in [5, 5.41) is 9.09. The summed E-state index contributed by atoms with van der Waals surface area (Å²) >= 11 is 0. The maximum absolute atomic E-state index is 12.9. The van der Waals surface area contributed by atoms with E-state index in [-0.39, 0.29) is 36.6 Å². The Morgan fingerprint density at radius 3 is 2.33 bits per heavy atom. The van der Waals surface area contributed by atoms with Crippen molar-refractivity contribution in [1.82, 2.24) is 4.31 Å². The second-order valence-electron chi connectivity index (χ2n) is 7.58. The minimum Gasteiger partial charge on any atom is -0.493 e. The molecule has 1 saturated heterocycles. The van der Waals surface area contributed by atoms with Crippen LogP contribution < -0.4 is 9.47 Å². The Morgan fingerprint density at radius 1 is 1.09 bits per heavy atom. The molecule has 0 saturated carbocycles. The highest BCUT2D eigenvalue weighted by atomic mass is 32.2. The summed E-state index contributed by atoms with van der Waals surface area (Å²) in [5.41, 5.74) is 1.12. The Balaban J connectivity index is 1.69. The standard InChI is InChI=1S/C24H27NO7S/c1-3-32-23-16-17(5-11-22(23)31-2)4-10-21(26)18-6-8-20(9-7-18)33(29,30)25-14-12-19(13-15-25)24(27)28/h4-11,16,19H,3,12-15H2,1-2H3,(H,27,28)/b10-4+. The van der Waals surface area contributed by atoms with Crippen molar-refractivity contribution in [1.29, 1.82) is 0 Å². The minimum atomic E-state index is -3.74. The lowest BCUT2D eigenvalue weighted by Gasteiger charge is -2.29. The summed E-state index contributed by atoms with van der Waals surface area (Å²) < 4.78 is 37.8. The van der Waals surface area contributed by atoms with Gasteiger partial charge in [-0.2, -0.15) is 4.31 Å². The average molecular weight is 474 g/mol. The number of benzene rings is 2. The van der Waals surface area contributed by atoms with E-state index >= 15 is 0 Å². The molecule has 3 rings (SSSR count). The lowest BCUT2D eigenvalue weighted by atomic mass is 9.99. The fourth-order valence-corrected chi connectivity index (χ4v) is 5.09. The lowest BCUT2D eigenvalue weighted by Crippen LogP contribution is -2.40. The van der Waals surface area contributed by atoms with Gasteiger partial charge in [-0.05, 0) is 67.8 Å². The zero-order chi connectivity index (χ0) is 24.0. The van der Waals surface area contributed by atoms with Crippen LogP contribution in [0.5, 0.6) is 11.5 Å². The van der Waals surface area contributed by atoms with Crippen LogP contribution in [0.15, 0.2) is 53.4 Å². The number of methoxy groups -OCH3 is 1. The second-order valence-corrected chi connectivity index (χ2v) is 9.52. The monoisotopic (exact) mass is 473 g/mol. The molecule has 0 amide bonds. The third-order valence-corrected chi connectivity index (χ3v) is 7.41. The Kier molecular flexibility index (Phi) is 7.88. The van der Waals surface area contributed by atoms with E-state index in [1.165, 1.54) is 34.6 Å². The first-order valence-corrected chi connectivity index (χ1v) is 12.1. The molecule has 1 aliphatic heterocycles. The van der Waals surface area contributed by atoms with Gasteiger partial charge in [0.05, 0.1) is 24.5 Å². The molecule has 33 heavy (non-hydrogen) atoms. The van der Waals surface area contributed by atoms with Crippen LogP contribution in [0, 0.1) is 5.92 Å². The van der Waals surface area contributed by atoms with Crippen LogP contribution in [-0.4, -0.2) is 56.4 Å². The molecule has 1 fully saturated rings. The average Bonchev–Trinajstić information content (AvgIpc) is 2.83. The zero-order valence-electron chi connectivity index (χ0n) is 18.6. The van der Waals surface area contributed by atoms with Crippen LogP contribution in [-0.2, 0) is 14.8 Å². The highest BCUT2D eigenvalue weighted by molar-refractivity contribution is 7.89. The van der Waals surface area contributed by atoms with Gasteiger partial charge < -0.3 is 14.6 Å². The molecule has 176 valence electrons. The summed E-state index contributed by atoms with van der Waals surface area (Å²) in [4.78, 5) is 23.7. The van der Waals surface area contributed by atoms with Gasteiger partial charge in [-0.3, -0.25) is 9.59 Å². The minimum absolute atomic E-state index is 0.0771. The molecule has 9 heteroatoms. The number of ketones is 1. The number of ether oxygens (including phenoxy) is 2. The number of carbonyl (C=O) groups is 2. The number of piperidine rings is 1. The van der Waals surface area contributed by atoms with E-state index in [0.717, 1.165) is 5.56 Å². The molecule has 1 N–H and O–H groups in total. The van der Waals surface area contributed by atoms with Crippen LogP contribution in [0.2, 0.25) is 0 Å². The number of nitrogens with zero attached hydrogens (tertiary/aromatic N) is 1. The van der Waals surface area contributed by atoms with Gasteiger partial charge in [0.2, 0.25) is 10.0 Å². The lowest BCUT2D eigenvalue weighted by molar-refractivity contribution is -0.142. The first-order chi connectivity index (χ1) is 15.8. The Labute approximate surface area is 193 Å². The van der Waals surface area contributed by atoms with Crippen molar-refractivity contribution < 1.29 is 32.6 Å². The smallest absolute Gasteiger partial charge is 0.306 e. The molecule has 0 aliphatic carbocycles. The molecule has 0 spiro atoms. The quantitative estimate of drug-likeness (QED) is 0.439. The highest BCUT2D eigenvalue weighted by Crippen LogP contribution is 2.29. The Bertz CT molecular complexity index is 1130. The fraction of sp³-hybridized carbons (Fsp3) is 0.333. The number of sulfonamides is 1. The molecule has 0 atom stereocenters. The summed E-state index contributed by atoms with van der Waals surface area (Å²) in [6, 6.07) is 11.1. The van der Waals surface area contributed by atoms with Crippen LogP contribution >= 0.6 is 0 Å². The van der Waals surface area contributed by atoms with E-state index in [2.05, 4.69) is 0 Å². The number of rotatable bonds is 9. The maximum atomic E-state index is 12.9. The predicted molar refractivity (Wildman–Crippen MR) is 123 cm³/mol. The number of allylic oxidation sites excluding steroid dienone is 1. The second kappa shape index (κ2) is 10.6. The van der Waals surface area contributed by atoms with Crippen molar-refractivity contribution in [3.05, 3.63) is 59.7 Å². The number of hydrogen-bond donors (Lipinski definition) is 1. The van der Waals surface area contributed by atoms with Crippen molar-refractivity contribution in [3.8, 4) is 11.5 Å². The van der Waals surface area contributed by atoms with Crippen LogP contribution in [0.4, 0.5) is 0 Å². The number of carbonyl (C=O) groups excluding carboxylic acids is 1. The maximum Gasteiger partial charge on any atom is 0.306 e. The van der Waals surface area contributed by atoms with E-state index in [1.54, 1.807) is 31.4 Å². The largest absolute Gasteiger partial charge is 0.493 e. The van der Waals surface area contributed by atoms with Gasteiger partial charge in [-0.15, -0.1) is 0 Å². The van der Waals surface area contributed by atoms with E-state index in [1.807, 2.05) is 6.92 Å². The molecule has 2 aromatic carbocycles. The fourth-order valence-electron chi connectivity index (χ4n) is 3.62. The zero-order valence-corrected chi connectivity index (χ0v) is 19.4. The van der Waals surface area contributed by atoms with Crippen molar-refractivity contribution in [3.63, 3.8) is 0 Å². The summed E-state index contributed by atoms with van der Waals surface area (Å²) in [7, 11) is -2.19. The Hall–Kier alpha value is -3.17. The van der Waals surface area contributed by atoms with Crippen molar-refractivity contribution in [2.45, 2.75) is 24.7 Å². The molecular formula is C24H27NO7S. The van der Waals surface area contributed by atoms with Gasteiger partial charge in [0.25, 0.3) is 0 Å². The summed E-state index contributed by atoms with van der Waals surface area (Å²) in [6.07, 6.45) is 3.64. The number of aliphatic carboxylic acids is 1. The van der Waals surface area contributed by atoms with Gasteiger partial charge in [0.15, 0.2) is 17.3 Å². The normalized spacial score (nSPS) is 15.5. The topological polar surface area (TPSA) is 110 Å². The van der Waals surface area contributed by atoms with Gasteiger partial charge in [-0.25, -0.2) is 8.42 Å². The van der Waals surface area contributed by atoms with E-state index in [4.69, 9.17) is 14.6 Å². The van der Waals surface area contributed by atoms with Crippen molar-refractivity contribution in [2.75, 3.05) is 26.8 Å². The van der Waals surface area contributed by atoms with Crippen molar-refractivity contribution in [2.24, 2.45) is 5.92 Å². The first kappa shape index (κ1) is 24.5. The number of carboxylic acids is 1. The summed E-state index contributed by atoms with van der Waals surface area (Å²) in [6.45, 7) is 2.67. The van der Waals surface area contributed by atoms with E-state index in [9.17, 15) is 18.0 Å². The van der Waals surface area contributed by atoms with E-state index < -0.39 is 21.9 Å². The van der Waals surface area contributed by atoms with Crippen LogP contribution in [0.3, 0.4) is 0 Å². The third kappa shape index (κ3) is 5.80. The molecule has 0 bridgehead atoms. The Morgan fingerprint density at radius 2 is 1.76 bits per heavy atom. The molecular weight excluding hydrogens is 446 g/mol. The van der Waals surface area contributed by atoms with E-state index in [0.29, 0.717) is 23.7 Å². The van der Waals surface area contributed by atoms with Gasteiger partial charge in [-0.1, -0.05) is 12.1 Å². The molecule has 1 heterocycles. The highest BCUT2D eigenvalue weighted by Gasteiger charge is 2.31. The molecule has 8 nitrogen and oxygen atoms in total. The SMILES string of the molecule is CCOc1cc(/C=C/C(=O)c2ccc(S(=O)(=O)N3CCC(C(=O)O)CC3)cc2)ccc1OC. The number of hydrogen-bond acceptors (Lipinski definition) is 6. The van der Waals surface area contributed by atoms with Gasteiger partial charge in [0.1, 0.15) is 0 Å². The van der Waals surface area contributed by atoms with Gasteiger partial charge in [0, 0.05) is 18.7 Å².